The predicted molar refractivity (Wildman–Crippen MR) is 102 cm³/mol. The van der Waals surface area contributed by atoms with Crippen LogP contribution in [0.2, 0.25) is 0 Å². The molecule has 2 saturated heterocycles. The van der Waals surface area contributed by atoms with Crippen molar-refractivity contribution in [2.45, 2.75) is 50.9 Å². The third kappa shape index (κ3) is 3.32. The van der Waals surface area contributed by atoms with Crippen LogP contribution in [0.25, 0.3) is 11.5 Å². The molecule has 4 heterocycles. The van der Waals surface area contributed by atoms with Gasteiger partial charge in [-0.1, -0.05) is 12.1 Å². The molecule has 0 N–H and O–H groups in total. The van der Waals surface area contributed by atoms with Crippen molar-refractivity contribution in [2.75, 3.05) is 26.3 Å². The smallest absolute Gasteiger partial charge is 0.259 e. The van der Waals surface area contributed by atoms with Gasteiger partial charge in [0.15, 0.2) is 5.82 Å². The Morgan fingerprint density at radius 3 is 2.71 bits per heavy atom. The lowest BCUT2D eigenvalue weighted by Gasteiger charge is -2.32. The molecule has 7 heteroatoms. The van der Waals surface area contributed by atoms with Gasteiger partial charge in [0, 0.05) is 49.3 Å². The van der Waals surface area contributed by atoms with E-state index in [-0.39, 0.29) is 11.3 Å². The number of aromatic nitrogens is 3. The third-order valence-electron chi connectivity index (χ3n) is 6.51. The molecular formula is C21H26N4O3. The van der Waals surface area contributed by atoms with E-state index >= 15 is 0 Å². The molecule has 2 aromatic rings. The van der Waals surface area contributed by atoms with E-state index in [1.54, 1.807) is 6.20 Å². The summed E-state index contributed by atoms with van der Waals surface area (Å²) in [6, 6.07) is 2.08. The largest absolute Gasteiger partial charge is 0.381 e. The average molecular weight is 382 g/mol. The molecule has 5 rings (SSSR count). The van der Waals surface area contributed by atoms with Crippen LogP contribution in [0.1, 0.15) is 62.3 Å². The fraction of sp³-hybridized carbons (Fsp3) is 0.619. The second-order valence-electron chi connectivity index (χ2n) is 8.65. The Hall–Kier alpha value is -2.28. The van der Waals surface area contributed by atoms with Gasteiger partial charge >= 0.3 is 0 Å². The Morgan fingerprint density at radius 1 is 1.18 bits per heavy atom. The summed E-state index contributed by atoms with van der Waals surface area (Å²) in [6.07, 6.45) is 8.52. The molecule has 2 aromatic heterocycles. The van der Waals surface area contributed by atoms with E-state index in [4.69, 9.17) is 9.26 Å². The molecule has 0 spiro atoms. The van der Waals surface area contributed by atoms with Gasteiger partial charge < -0.3 is 14.2 Å². The van der Waals surface area contributed by atoms with Crippen molar-refractivity contribution in [1.82, 2.24) is 20.0 Å². The fourth-order valence-corrected chi connectivity index (χ4v) is 4.24. The van der Waals surface area contributed by atoms with E-state index in [0.29, 0.717) is 17.7 Å². The molecule has 0 bridgehead atoms. The Bertz CT molecular complexity index is 862. The van der Waals surface area contributed by atoms with E-state index in [1.807, 2.05) is 11.1 Å². The minimum Gasteiger partial charge on any atom is -0.381 e. The molecule has 1 unspecified atom stereocenters. The van der Waals surface area contributed by atoms with Crippen LogP contribution in [0, 0.1) is 5.41 Å². The lowest BCUT2D eigenvalue weighted by molar-refractivity contribution is -0.137. The Kier molecular flexibility index (Phi) is 4.42. The first kappa shape index (κ1) is 17.8. The third-order valence-corrected chi connectivity index (χ3v) is 6.51. The normalized spacial score (nSPS) is 24.5. The van der Waals surface area contributed by atoms with Crippen molar-refractivity contribution >= 4 is 5.91 Å². The quantitative estimate of drug-likeness (QED) is 0.808. The SMILES string of the molecule is CC1(C(=O)N2CCC(c3noc(-c4cncc(C5CCOC5)c4)n3)CC2)CC1. The van der Waals surface area contributed by atoms with Crippen LogP contribution in [0.5, 0.6) is 0 Å². The van der Waals surface area contributed by atoms with Crippen LogP contribution >= 0.6 is 0 Å². The summed E-state index contributed by atoms with van der Waals surface area (Å²) in [5, 5.41) is 4.23. The summed E-state index contributed by atoms with van der Waals surface area (Å²) < 4.78 is 11.0. The highest BCUT2D eigenvalue weighted by Gasteiger charge is 2.47. The first-order valence-electron chi connectivity index (χ1n) is 10.3. The summed E-state index contributed by atoms with van der Waals surface area (Å²) in [4.78, 5) is 23.5. The lowest BCUT2D eigenvalue weighted by Crippen LogP contribution is -2.41. The minimum absolute atomic E-state index is 0.0888. The van der Waals surface area contributed by atoms with Crippen molar-refractivity contribution in [3.63, 3.8) is 0 Å². The summed E-state index contributed by atoms with van der Waals surface area (Å²) in [5.41, 5.74) is 1.93. The van der Waals surface area contributed by atoms with Crippen molar-refractivity contribution in [3.05, 3.63) is 29.8 Å². The Balaban J connectivity index is 1.25. The van der Waals surface area contributed by atoms with Crippen LogP contribution in [-0.2, 0) is 9.53 Å². The predicted octanol–water partition coefficient (Wildman–Crippen LogP) is 3.14. The van der Waals surface area contributed by atoms with E-state index in [2.05, 4.69) is 28.1 Å². The first-order chi connectivity index (χ1) is 13.6. The molecule has 3 fully saturated rings. The maximum Gasteiger partial charge on any atom is 0.259 e. The summed E-state index contributed by atoms with van der Waals surface area (Å²) >= 11 is 0. The standard InChI is InChI=1S/C21H26N4O3/c1-21(5-6-21)20(26)25-7-2-14(3-8-25)18-23-19(28-24-18)17-10-16(11-22-12-17)15-4-9-27-13-15/h10-12,14-15H,2-9,13H2,1H3. The van der Waals surface area contributed by atoms with Crippen molar-refractivity contribution in [1.29, 1.82) is 0 Å². The van der Waals surface area contributed by atoms with Crippen molar-refractivity contribution in [2.24, 2.45) is 5.41 Å². The second kappa shape index (κ2) is 6.95. The van der Waals surface area contributed by atoms with E-state index in [9.17, 15) is 4.79 Å². The molecule has 3 aliphatic rings. The molecule has 28 heavy (non-hydrogen) atoms. The molecule has 1 amide bonds. The highest BCUT2D eigenvalue weighted by molar-refractivity contribution is 5.85. The van der Waals surface area contributed by atoms with Crippen LogP contribution in [0.15, 0.2) is 23.0 Å². The number of hydrogen-bond donors (Lipinski definition) is 0. The first-order valence-corrected chi connectivity index (χ1v) is 10.3. The average Bonchev–Trinajstić information content (AvgIpc) is 3.17. The number of ether oxygens (including phenoxy) is 1. The number of rotatable bonds is 4. The highest BCUT2D eigenvalue weighted by atomic mass is 16.5. The molecule has 148 valence electrons. The number of likely N-dealkylation sites (tertiary alicyclic amines) is 1. The lowest BCUT2D eigenvalue weighted by atomic mass is 9.94. The van der Waals surface area contributed by atoms with Gasteiger partial charge in [-0.05, 0) is 43.7 Å². The van der Waals surface area contributed by atoms with Gasteiger partial charge in [-0.2, -0.15) is 4.98 Å². The molecule has 1 saturated carbocycles. The maximum absolute atomic E-state index is 12.5. The molecular weight excluding hydrogens is 356 g/mol. The molecule has 1 atom stereocenters. The van der Waals surface area contributed by atoms with Crippen LogP contribution in [-0.4, -0.2) is 52.2 Å². The molecule has 0 aromatic carbocycles. The van der Waals surface area contributed by atoms with E-state index < -0.39 is 0 Å². The summed E-state index contributed by atoms with van der Waals surface area (Å²) in [5.74, 6) is 2.22. The molecule has 2 aliphatic heterocycles. The van der Waals surface area contributed by atoms with Crippen molar-refractivity contribution < 1.29 is 14.1 Å². The number of nitrogens with zero attached hydrogens (tertiary/aromatic N) is 4. The topological polar surface area (TPSA) is 81.4 Å². The summed E-state index contributed by atoms with van der Waals surface area (Å²) in [6.45, 7) is 5.19. The Morgan fingerprint density at radius 2 is 2.00 bits per heavy atom. The number of amides is 1. The number of pyridine rings is 1. The van der Waals surface area contributed by atoms with Gasteiger partial charge in [-0.25, -0.2) is 0 Å². The monoisotopic (exact) mass is 382 g/mol. The van der Waals surface area contributed by atoms with Crippen LogP contribution in [0.3, 0.4) is 0 Å². The molecule has 0 radical (unpaired) electrons. The van der Waals surface area contributed by atoms with Gasteiger partial charge in [0.1, 0.15) is 0 Å². The van der Waals surface area contributed by atoms with Crippen LogP contribution in [0.4, 0.5) is 0 Å². The maximum atomic E-state index is 12.5. The number of piperidine rings is 1. The van der Waals surface area contributed by atoms with Gasteiger partial charge in [-0.15, -0.1) is 0 Å². The molecule has 7 nitrogen and oxygen atoms in total. The number of carbonyl (C=O) groups is 1. The van der Waals surface area contributed by atoms with E-state index in [1.165, 1.54) is 0 Å². The van der Waals surface area contributed by atoms with Gasteiger partial charge in [0.2, 0.25) is 5.91 Å². The molecule has 1 aliphatic carbocycles. The van der Waals surface area contributed by atoms with Gasteiger partial charge in [-0.3, -0.25) is 9.78 Å². The Labute approximate surface area is 164 Å². The zero-order chi connectivity index (χ0) is 19.1. The van der Waals surface area contributed by atoms with Crippen LogP contribution < -0.4 is 0 Å². The van der Waals surface area contributed by atoms with E-state index in [0.717, 1.165) is 75.4 Å². The zero-order valence-corrected chi connectivity index (χ0v) is 16.3. The van der Waals surface area contributed by atoms with Crippen molar-refractivity contribution in [3.8, 4) is 11.5 Å². The zero-order valence-electron chi connectivity index (χ0n) is 16.3. The minimum atomic E-state index is -0.0888. The summed E-state index contributed by atoms with van der Waals surface area (Å²) in [7, 11) is 0. The van der Waals surface area contributed by atoms with Gasteiger partial charge in [0.05, 0.1) is 12.2 Å². The van der Waals surface area contributed by atoms with Gasteiger partial charge in [0.25, 0.3) is 5.89 Å². The fourth-order valence-electron chi connectivity index (χ4n) is 4.24. The number of carbonyl (C=O) groups excluding carboxylic acids is 1. The second-order valence-corrected chi connectivity index (χ2v) is 8.65. The number of hydrogen-bond acceptors (Lipinski definition) is 6. The highest BCUT2D eigenvalue weighted by Crippen LogP contribution is 2.47.